The van der Waals surface area contributed by atoms with Gasteiger partial charge in [-0.1, -0.05) is 30.0 Å². The van der Waals surface area contributed by atoms with Gasteiger partial charge in [0.05, 0.1) is 5.52 Å². The van der Waals surface area contributed by atoms with Gasteiger partial charge < -0.3 is 4.57 Å². The van der Waals surface area contributed by atoms with Crippen molar-refractivity contribution in [1.29, 1.82) is 0 Å². The third-order valence-corrected chi connectivity index (χ3v) is 4.27. The maximum absolute atomic E-state index is 4.50. The first-order chi connectivity index (χ1) is 10.0. The summed E-state index contributed by atoms with van der Waals surface area (Å²) in [5.74, 6) is 0.840. The van der Waals surface area contributed by atoms with E-state index in [1.54, 1.807) is 18.1 Å². The van der Waals surface area contributed by atoms with Crippen molar-refractivity contribution in [2.75, 3.05) is 0 Å². The molecule has 108 valence electrons. The predicted molar refractivity (Wildman–Crippen MR) is 86.3 cm³/mol. The van der Waals surface area contributed by atoms with Crippen LogP contribution >= 0.6 is 11.8 Å². The molecule has 5 heteroatoms. The summed E-state index contributed by atoms with van der Waals surface area (Å²) in [4.78, 5) is 4.50. The van der Waals surface area contributed by atoms with Crippen LogP contribution in [0, 0.1) is 0 Å². The van der Waals surface area contributed by atoms with Gasteiger partial charge in [-0.25, -0.2) is 0 Å². The van der Waals surface area contributed by atoms with Crippen molar-refractivity contribution in [1.82, 2.24) is 19.7 Å². The monoisotopic (exact) mass is 298 g/mol. The Morgan fingerprint density at radius 3 is 2.81 bits per heavy atom. The highest BCUT2D eigenvalue weighted by Crippen LogP contribution is 2.26. The zero-order chi connectivity index (χ0) is 14.9. The highest BCUT2D eigenvalue weighted by Gasteiger charge is 2.17. The van der Waals surface area contributed by atoms with Crippen LogP contribution in [-0.4, -0.2) is 19.7 Å². The van der Waals surface area contributed by atoms with Crippen LogP contribution in [0.3, 0.4) is 0 Å². The zero-order valence-electron chi connectivity index (χ0n) is 12.4. The fraction of sp³-hybridized carbons (Fsp3) is 0.312. The van der Waals surface area contributed by atoms with E-state index >= 15 is 0 Å². The summed E-state index contributed by atoms with van der Waals surface area (Å²) in [6.45, 7) is 6.45. The van der Waals surface area contributed by atoms with Gasteiger partial charge in [0, 0.05) is 22.9 Å². The number of pyridine rings is 1. The van der Waals surface area contributed by atoms with Gasteiger partial charge in [0.2, 0.25) is 0 Å². The van der Waals surface area contributed by atoms with Crippen LogP contribution in [0.25, 0.3) is 10.9 Å². The van der Waals surface area contributed by atoms with Crippen LogP contribution < -0.4 is 0 Å². The van der Waals surface area contributed by atoms with Crippen LogP contribution in [0.2, 0.25) is 0 Å². The Morgan fingerprint density at radius 1 is 1.19 bits per heavy atom. The molecular weight excluding hydrogens is 280 g/mol. The van der Waals surface area contributed by atoms with Crippen molar-refractivity contribution >= 4 is 22.7 Å². The van der Waals surface area contributed by atoms with Crippen molar-refractivity contribution in [2.24, 2.45) is 0 Å². The second-order valence-corrected chi connectivity index (χ2v) is 6.92. The van der Waals surface area contributed by atoms with E-state index in [0.717, 1.165) is 16.4 Å². The molecule has 0 atom stereocenters. The standard InChI is InChI=1S/C16H18N4S/c1-16(2,3)20-11-18-19-15(20)21-10-12-8-13-6-4-5-7-14(13)17-9-12/h4-9,11H,10H2,1-3H3. The molecule has 0 saturated carbocycles. The third-order valence-electron chi connectivity index (χ3n) is 3.25. The van der Waals surface area contributed by atoms with Crippen LogP contribution in [0.1, 0.15) is 26.3 Å². The van der Waals surface area contributed by atoms with E-state index < -0.39 is 0 Å². The van der Waals surface area contributed by atoms with Crippen LogP contribution in [0.4, 0.5) is 0 Å². The average molecular weight is 298 g/mol. The smallest absolute Gasteiger partial charge is 0.191 e. The van der Waals surface area contributed by atoms with Crippen molar-refractivity contribution < 1.29 is 0 Å². The lowest BCUT2D eigenvalue weighted by atomic mass is 10.1. The maximum atomic E-state index is 4.50. The zero-order valence-corrected chi connectivity index (χ0v) is 13.3. The lowest BCUT2D eigenvalue weighted by molar-refractivity contribution is 0.367. The summed E-state index contributed by atoms with van der Waals surface area (Å²) in [6, 6.07) is 10.4. The molecule has 0 spiro atoms. The topological polar surface area (TPSA) is 43.6 Å². The lowest BCUT2D eigenvalue weighted by Gasteiger charge is -2.21. The Morgan fingerprint density at radius 2 is 2.00 bits per heavy atom. The lowest BCUT2D eigenvalue weighted by Crippen LogP contribution is -2.21. The number of nitrogens with zero attached hydrogens (tertiary/aromatic N) is 4. The van der Waals surface area contributed by atoms with Crippen LogP contribution in [0.5, 0.6) is 0 Å². The molecule has 0 saturated heterocycles. The van der Waals surface area contributed by atoms with Crippen LogP contribution in [0.15, 0.2) is 48.0 Å². The molecule has 0 bridgehead atoms. The Hall–Kier alpha value is -1.88. The predicted octanol–water partition coefficient (Wildman–Crippen LogP) is 3.87. The van der Waals surface area contributed by atoms with Gasteiger partial charge in [0.1, 0.15) is 6.33 Å². The number of para-hydroxylation sites is 1. The van der Waals surface area contributed by atoms with Gasteiger partial charge in [0.15, 0.2) is 5.16 Å². The van der Waals surface area contributed by atoms with Crippen molar-refractivity contribution in [3.63, 3.8) is 0 Å². The van der Waals surface area contributed by atoms with E-state index in [1.807, 2.05) is 24.4 Å². The summed E-state index contributed by atoms with van der Waals surface area (Å²) in [5, 5.41) is 10.4. The number of hydrogen-bond acceptors (Lipinski definition) is 4. The highest BCUT2D eigenvalue weighted by atomic mass is 32.2. The minimum Gasteiger partial charge on any atom is -0.303 e. The van der Waals surface area contributed by atoms with Gasteiger partial charge in [-0.05, 0) is 38.5 Å². The number of aromatic nitrogens is 4. The van der Waals surface area contributed by atoms with E-state index in [2.05, 4.69) is 52.7 Å². The fourth-order valence-electron chi connectivity index (χ4n) is 2.13. The first-order valence-corrected chi connectivity index (χ1v) is 7.89. The Balaban J connectivity index is 1.79. The molecule has 4 nitrogen and oxygen atoms in total. The summed E-state index contributed by atoms with van der Waals surface area (Å²) >= 11 is 1.69. The molecule has 0 aliphatic rings. The van der Waals surface area contributed by atoms with E-state index in [4.69, 9.17) is 0 Å². The molecule has 0 aliphatic carbocycles. The van der Waals surface area contributed by atoms with Crippen molar-refractivity contribution in [3.05, 3.63) is 48.4 Å². The summed E-state index contributed by atoms with van der Waals surface area (Å²) < 4.78 is 2.10. The molecule has 3 aromatic rings. The number of benzene rings is 1. The van der Waals surface area contributed by atoms with Crippen molar-refractivity contribution in [3.8, 4) is 0 Å². The van der Waals surface area contributed by atoms with E-state index in [1.165, 1.54) is 10.9 Å². The molecule has 0 fully saturated rings. The quantitative estimate of drug-likeness (QED) is 0.688. The van der Waals surface area contributed by atoms with Crippen LogP contribution in [-0.2, 0) is 11.3 Å². The molecule has 1 aromatic carbocycles. The Kier molecular flexibility index (Phi) is 3.68. The Labute approximate surface area is 128 Å². The molecule has 0 radical (unpaired) electrons. The molecule has 2 heterocycles. The first-order valence-electron chi connectivity index (χ1n) is 6.91. The molecule has 0 aliphatic heterocycles. The van der Waals surface area contributed by atoms with E-state index in [9.17, 15) is 0 Å². The SMILES string of the molecule is CC(C)(C)n1cnnc1SCc1cnc2ccccc2c1. The molecule has 0 amide bonds. The van der Waals surface area contributed by atoms with E-state index in [0.29, 0.717) is 0 Å². The molecule has 0 N–H and O–H groups in total. The summed E-state index contributed by atoms with van der Waals surface area (Å²) in [5.41, 5.74) is 2.22. The van der Waals surface area contributed by atoms with Gasteiger partial charge in [-0.3, -0.25) is 4.98 Å². The average Bonchev–Trinajstić information content (AvgIpc) is 2.93. The van der Waals surface area contributed by atoms with Crippen molar-refractivity contribution in [2.45, 2.75) is 37.2 Å². The molecule has 21 heavy (non-hydrogen) atoms. The number of rotatable bonds is 3. The largest absolute Gasteiger partial charge is 0.303 e. The summed E-state index contributed by atoms with van der Waals surface area (Å²) in [7, 11) is 0. The normalized spacial score (nSPS) is 12.0. The third kappa shape index (κ3) is 3.08. The minimum absolute atomic E-state index is 0.00648. The van der Waals surface area contributed by atoms with E-state index in [-0.39, 0.29) is 5.54 Å². The van der Waals surface area contributed by atoms with Gasteiger partial charge in [-0.2, -0.15) is 0 Å². The molecule has 0 unspecified atom stereocenters. The highest BCUT2D eigenvalue weighted by molar-refractivity contribution is 7.98. The number of fused-ring (bicyclic) bond motifs is 1. The maximum Gasteiger partial charge on any atom is 0.191 e. The Bertz CT molecular complexity index is 758. The number of thioether (sulfide) groups is 1. The minimum atomic E-state index is -0.00648. The molecular formula is C16H18N4S. The molecule has 2 aromatic heterocycles. The first kappa shape index (κ1) is 14.1. The van der Waals surface area contributed by atoms with Gasteiger partial charge in [0.25, 0.3) is 0 Å². The van der Waals surface area contributed by atoms with Gasteiger partial charge >= 0.3 is 0 Å². The van der Waals surface area contributed by atoms with Gasteiger partial charge in [-0.15, -0.1) is 10.2 Å². The molecule has 3 rings (SSSR count). The fourth-order valence-corrected chi connectivity index (χ4v) is 3.14. The summed E-state index contributed by atoms with van der Waals surface area (Å²) in [6.07, 6.45) is 3.73. The second kappa shape index (κ2) is 5.48. The second-order valence-electron chi connectivity index (χ2n) is 5.98. The number of hydrogen-bond donors (Lipinski definition) is 0.